The SMILES string of the molecule is CC(CN(C)CCCN1CCCC1)C(N)=NO. The maximum absolute atomic E-state index is 8.58. The van der Waals surface area contributed by atoms with Gasteiger partial charge in [-0.25, -0.2) is 0 Å². The molecule has 0 spiro atoms. The van der Waals surface area contributed by atoms with E-state index in [1.807, 2.05) is 6.92 Å². The van der Waals surface area contributed by atoms with Crippen molar-refractivity contribution in [1.29, 1.82) is 0 Å². The smallest absolute Gasteiger partial charge is 0.143 e. The van der Waals surface area contributed by atoms with Gasteiger partial charge in [-0.3, -0.25) is 0 Å². The second-order valence-corrected chi connectivity index (χ2v) is 5.09. The minimum absolute atomic E-state index is 0.108. The number of nitrogens with two attached hydrogens (primary N) is 1. The van der Waals surface area contributed by atoms with Crippen LogP contribution in [-0.2, 0) is 0 Å². The molecule has 1 saturated heterocycles. The Kier molecular flexibility index (Phi) is 6.29. The minimum Gasteiger partial charge on any atom is -0.409 e. The molecule has 3 N–H and O–H groups in total. The summed E-state index contributed by atoms with van der Waals surface area (Å²) in [7, 11) is 2.09. The third-order valence-corrected chi connectivity index (χ3v) is 3.42. The standard InChI is InChI=1S/C12H26N4O/c1-11(12(13)14-17)10-15(2)6-5-9-16-7-3-4-8-16/h11,17H,3-10H2,1-2H3,(H2,13,14). The summed E-state index contributed by atoms with van der Waals surface area (Å²) >= 11 is 0. The van der Waals surface area contributed by atoms with Gasteiger partial charge >= 0.3 is 0 Å². The average Bonchev–Trinajstić information content (AvgIpc) is 2.80. The number of nitrogens with zero attached hydrogens (tertiary/aromatic N) is 3. The van der Waals surface area contributed by atoms with E-state index in [1.54, 1.807) is 0 Å². The van der Waals surface area contributed by atoms with Gasteiger partial charge in [-0.15, -0.1) is 0 Å². The molecule has 1 unspecified atom stereocenters. The summed E-state index contributed by atoms with van der Waals surface area (Å²) in [6.45, 7) is 7.62. The summed E-state index contributed by atoms with van der Waals surface area (Å²) in [6.07, 6.45) is 3.91. The second kappa shape index (κ2) is 7.50. The van der Waals surface area contributed by atoms with E-state index in [0.717, 1.165) is 13.1 Å². The first kappa shape index (κ1) is 14.3. The number of oxime groups is 1. The molecule has 0 saturated carbocycles. The van der Waals surface area contributed by atoms with Crippen LogP contribution in [-0.4, -0.2) is 60.6 Å². The molecule has 0 aromatic carbocycles. The van der Waals surface area contributed by atoms with Gasteiger partial charge in [0, 0.05) is 12.5 Å². The zero-order valence-electron chi connectivity index (χ0n) is 11.1. The molecule has 1 rings (SSSR count). The van der Waals surface area contributed by atoms with Gasteiger partial charge in [-0.2, -0.15) is 0 Å². The van der Waals surface area contributed by atoms with Gasteiger partial charge in [-0.05, 0) is 52.5 Å². The molecule has 0 bridgehead atoms. The number of likely N-dealkylation sites (tertiary alicyclic amines) is 1. The van der Waals surface area contributed by atoms with Crippen molar-refractivity contribution in [2.24, 2.45) is 16.8 Å². The number of hydrogen-bond donors (Lipinski definition) is 2. The monoisotopic (exact) mass is 242 g/mol. The van der Waals surface area contributed by atoms with E-state index >= 15 is 0 Å². The van der Waals surface area contributed by atoms with Crippen LogP contribution in [0, 0.1) is 5.92 Å². The zero-order valence-corrected chi connectivity index (χ0v) is 11.1. The summed E-state index contributed by atoms with van der Waals surface area (Å²) in [5.41, 5.74) is 5.56. The Bertz CT molecular complexity index is 239. The predicted molar refractivity (Wildman–Crippen MR) is 70.4 cm³/mol. The third kappa shape index (κ3) is 5.37. The highest BCUT2D eigenvalue weighted by Crippen LogP contribution is 2.07. The van der Waals surface area contributed by atoms with E-state index < -0.39 is 0 Å². The van der Waals surface area contributed by atoms with Gasteiger partial charge in [0.2, 0.25) is 0 Å². The highest BCUT2D eigenvalue weighted by atomic mass is 16.4. The van der Waals surface area contributed by atoms with Crippen molar-refractivity contribution in [3.63, 3.8) is 0 Å². The fraction of sp³-hybridized carbons (Fsp3) is 0.917. The zero-order chi connectivity index (χ0) is 12.7. The molecule has 5 heteroatoms. The molecule has 1 aliphatic heterocycles. The van der Waals surface area contributed by atoms with Gasteiger partial charge in [-0.1, -0.05) is 12.1 Å². The lowest BCUT2D eigenvalue weighted by atomic mass is 10.1. The topological polar surface area (TPSA) is 65.1 Å². The summed E-state index contributed by atoms with van der Waals surface area (Å²) in [6, 6.07) is 0. The van der Waals surface area contributed by atoms with E-state index in [9.17, 15) is 0 Å². The molecule has 0 aromatic rings. The van der Waals surface area contributed by atoms with Crippen molar-refractivity contribution >= 4 is 5.84 Å². The number of hydrogen-bond acceptors (Lipinski definition) is 4. The molecule has 1 atom stereocenters. The molecule has 1 heterocycles. The van der Waals surface area contributed by atoms with Crippen molar-refractivity contribution in [1.82, 2.24) is 9.80 Å². The maximum Gasteiger partial charge on any atom is 0.143 e. The largest absolute Gasteiger partial charge is 0.409 e. The Labute approximate surface area is 104 Å². The fourth-order valence-corrected chi connectivity index (χ4v) is 2.32. The summed E-state index contributed by atoms with van der Waals surface area (Å²) in [5, 5.41) is 11.6. The first-order chi connectivity index (χ1) is 8.13. The van der Waals surface area contributed by atoms with Gasteiger partial charge in [0.05, 0.1) is 0 Å². The first-order valence-corrected chi connectivity index (χ1v) is 6.51. The minimum atomic E-state index is 0.108. The third-order valence-electron chi connectivity index (χ3n) is 3.42. The van der Waals surface area contributed by atoms with Crippen LogP contribution in [0.25, 0.3) is 0 Å². The second-order valence-electron chi connectivity index (χ2n) is 5.09. The molecule has 5 nitrogen and oxygen atoms in total. The summed E-state index contributed by atoms with van der Waals surface area (Å²) in [4.78, 5) is 4.78. The normalized spacial score (nSPS) is 20.1. The van der Waals surface area contributed by atoms with Gasteiger partial charge < -0.3 is 20.7 Å². The lowest BCUT2D eigenvalue weighted by molar-refractivity contribution is 0.266. The Morgan fingerprint density at radius 1 is 1.47 bits per heavy atom. The van der Waals surface area contributed by atoms with Gasteiger partial charge in [0.15, 0.2) is 0 Å². The van der Waals surface area contributed by atoms with Gasteiger partial charge in [0.25, 0.3) is 0 Å². The Hall–Kier alpha value is -0.810. The molecule has 0 aromatic heterocycles. The Morgan fingerprint density at radius 3 is 2.71 bits per heavy atom. The lowest BCUT2D eigenvalue weighted by Crippen LogP contribution is -2.34. The molecule has 1 fully saturated rings. The van der Waals surface area contributed by atoms with E-state index in [4.69, 9.17) is 10.9 Å². The van der Waals surface area contributed by atoms with Crippen molar-refractivity contribution in [3.8, 4) is 0 Å². The van der Waals surface area contributed by atoms with Crippen LogP contribution in [0.3, 0.4) is 0 Å². The summed E-state index contributed by atoms with van der Waals surface area (Å²) < 4.78 is 0. The molecule has 0 aliphatic carbocycles. The molecule has 0 radical (unpaired) electrons. The lowest BCUT2D eigenvalue weighted by Gasteiger charge is -2.22. The van der Waals surface area contributed by atoms with Crippen molar-refractivity contribution in [2.75, 3.05) is 39.8 Å². The molecular weight excluding hydrogens is 216 g/mol. The first-order valence-electron chi connectivity index (χ1n) is 6.51. The van der Waals surface area contributed by atoms with Crippen molar-refractivity contribution in [3.05, 3.63) is 0 Å². The highest BCUT2D eigenvalue weighted by Gasteiger charge is 2.13. The highest BCUT2D eigenvalue weighted by molar-refractivity contribution is 5.82. The van der Waals surface area contributed by atoms with Crippen LogP contribution in [0.1, 0.15) is 26.2 Å². The van der Waals surface area contributed by atoms with Crippen LogP contribution in [0.2, 0.25) is 0 Å². The fourth-order valence-electron chi connectivity index (χ4n) is 2.32. The van der Waals surface area contributed by atoms with Crippen LogP contribution in [0.4, 0.5) is 0 Å². The van der Waals surface area contributed by atoms with Crippen LogP contribution < -0.4 is 5.73 Å². The van der Waals surface area contributed by atoms with Gasteiger partial charge in [0.1, 0.15) is 5.84 Å². The maximum atomic E-state index is 8.58. The molecule has 0 amide bonds. The summed E-state index contributed by atoms with van der Waals surface area (Å²) in [5.74, 6) is 0.424. The van der Waals surface area contributed by atoms with E-state index in [2.05, 4.69) is 22.0 Å². The number of rotatable bonds is 7. The average molecular weight is 242 g/mol. The van der Waals surface area contributed by atoms with E-state index in [-0.39, 0.29) is 5.92 Å². The number of amidine groups is 1. The van der Waals surface area contributed by atoms with E-state index in [1.165, 1.54) is 38.9 Å². The Balaban J connectivity index is 2.09. The van der Waals surface area contributed by atoms with E-state index in [0.29, 0.717) is 5.84 Å². The predicted octanol–water partition coefficient (Wildman–Crippen LogP) is 0.787. The van der Waals surface area contributed by atoms with Crippen molar-refractivity contribution < 1.29 is 5.21 Å². The molecule has 17 heavy (non-hydrogen) atoms. The Morgan fingerprint density at radius 2 is 2.12 bits per heavy atom. The van der Waals surface area contributed by atoms with Crippen LogP contribution in [0.5, 0.6) is 0 Å². The van der Waals surface area contributed by atoms with Crippen LogP contribution in [0.15, 0.2) is 5.16 Å². The van der Waals surface area contributed by atoms with Crippen LogP contribution >= 0.6 is 0 Å². The molecular formula is C12H26N4O. The van der Waals surface area contributed by atoms with Crippen molar-refractivity contribution in [2.45, 2.75) is 26.2 Å². The quantitative estimate of drug-likeness (QED) is 0.300. The molecule has 100 valence electrons. The molecule has 1 aliphatic rings.